The standard InChI is InChI=1S/C76H136O6/c1-4-7-10-13-16-19-22-25-28-31-33-34-35-36-37-38-39-40-41-43-45-48-51-54-57-60-63-66-69-75(78)81-72-73(71-80-74(77)68-65-62-59-56-53-50-47-44-30-27-24-21-18-15-12-9-6-3)82-76(79)70-67-64-61-58-55-52-49-46-42-32-29-26-23-20-17-14-11-8-5-2/h9,12,17-18,20-21,26-27,29-30,42,46,73H,4-8,10-11,13-16,19,22-25,28,31-41,43-45,47-72H2,1-3H3/b12-9-,20-17-,21-18-,29-26-,30-27-,46-42-. The Kier molecular flexibility index (Phi) is 67.6. The van der Waals surface area contributed by atoms with Gasteiger partial charge in [0.15, 0.2) is 6.10 Å². The van der Waals surface area contributed by atoms with Crippen LogP contribution in [-0.4, -0.2) is 37.2 Å². The summed E-state index contributed by atoms with van der Waals surface area (Å²) in [5, 5.41) is 0. The minimum absolute atomic E-state index is 0.0809. The second kappa shape index (κ2) is 70.3. The average Bonchev–Trinajstić information content (AvgIpc) is 3.47. The van der Waals surface area contributed by atoms with Crippen LogP contribution in [0.2, 0.25) is 0 Å². The Morgan fingerprint density at radius 2 is 0.476 bits per heavy atom. The van der Waals surface area contributed by atoms with Crippen molar-refractivity contribution in [3.8, 4) is 0 Å². The van der Waals surface area contributed by atoms with E-state index in [0.717, 1.165) is 109 Å². The Balaban J connectivity index is 4.28. The molecular weight excluding hydrogens is 1010 g/mol. The van der Waals surface area contributed by atoms with Gasteiger partial charge in [-0.3, -0.25) is 14.4 Å². The first-order chi connectivity index (χ1) is 40.5. The summed E-state index contributed by atoms with van der Waals surface area (Å²) in [6.07, 6.45) is 92.2. The summed E-state index contributed by atoms with van der Waals surface area (Å²) in [7, 11) is 0. The van der Waals surface area contributed by atoms with Crippen molar-refractivity contribution in [1.29, 1.82) is 0 Å². The molecule has 0 rings (SSSR count). The third kappa shape index (κ3) is 67.6. The van der Waals surface area contributed by atoms with E-state index in [0.29, 0.717) is 19.3 Å². The lowest BCUT2D eigenvalue weighted by molar-refractivity contribution is -0.167. The molecule has 0 aromatic rings. The fourth-order valence-corrected chi connectivity index (χ4v) is 10.6. The molecule has 0 aromatic carbocycles. The van der Waals surface area contributed by atoms with Crippen molar-refractivity contribution >= 4 is 17.9 Å². The van der Waals surface area contributed by atoms with Crippen LogP contribution in [0.4, 0.5) is 0 Å². The number of unbranched alkanes of at least 4 members (excludes halogenated alkanes) is 43. The SMILES string of the molecule is CC/C=C\C/C=C\C/C=C\CCCCCCCCCC(=O)OCC(COC(=O)CCCCCCCCCCCCCCCCCCCCCCCCCCCCCC)OC(=O)CCCCCCCC/C=C\C/C=C\C/C=C\CCCCC. The van der Waals surface area contributed by atoms with E-state index in [4.69, 9.17) is 14.2 Å². The molecule has 0 saturated carbocycles. The normalized spacial score (nSPS) is 12.5. The van der Waals surface area contributed by atoms with Crippen molar-refractivity contribution in [2.24, 2.45) is 0 Å². The van der Waals surface area contributed by atoms with Gasteiger partial charge in [-0.1, -0.05) is 338 Å². The molecule has 1 atom stereocenters. The predicted octanol–water partition coefficient (Wildman–Crippen LogP) is 24.8. The number of carbonyl (C=O) groups is 3. The van der Waals surface area contributed by atoms with Gasteiger partial charge in [-0.25, -0.2) is 0 Å². The zero-order valence-corrected chi connectivity index (χ0v) is 54.8. The van der Waals surface area contributed by atoms with E-state index in [1.54, 1.807) is 0 Å². The van der Waals surface area contributed by atoms with E-state index in [9.17, 15) is 14.4 Å². The molecular formula is C76H136O6. The molecule has 6 nitrogen and oxygen atoms in total. The molecule has 0 spiro atoms. The van der Waals surface area contributed by atoms with Gasteiger partial charge in [0.05, 0.1) is 0 Å². The van der Waals surface area contributed by atoms with Crippen molar-refractivity contribution in [3.63, 3.8) is 0 Å². The van der Waals surface area contributed by atoms with E-state index in [1.165, 1.54) is 225 Å². The van der Waals surface area contributed by atoms with Gasteiger partial charge < -0.3 is 14.2 Å². The van der Waals surface area contributed by atoms with E-state index < -0.39 is 6.10 Å². The summed E-state index contributed by atoms with van der Waals surface area (Å²) < 4.78 is 17.0. The highest BCUT2D eigenvalue weighted by Crippen LogP contribution is 2.18. The second-order valence-corrected chi connectivity index (χ2v) is 24.1. The van der Waals surface area contributed by atoms with E-state index >= 15 is 0 Å². The highest BCUT2D eigenvalue weighted by Gasteiger charge is 2.19. The molecule has 0 aliphatic heterocycles. The molecule has 0 heterocycles. The molecule has 476 valence electrons. The van der Waals surface area contributed by atoms with Gasteiger partial charge in [-0.05, 0) is 89.9 Å². The lowest BCUT2D eigenvalue weighted by Gasteiger charge is -2.18. The maximum Gasteiger partial charge on any atom is 0.306 e. The van der Waals surface area contributed by atoms with Gasteiger partial charge in [0, 0.05) is 19.3 Å². The molecule has 0 aromatic heterocycles. The van der Waals surface area contributed by atoms with Crippen LogP contribution < -0.4 is 0 Å². The molecule has 1 unspecified atom stereocenters. The lowest BCUT2D eigenvalue weighted by atomic mass is 10.0. The topological polar surface area (TPSA) is 78.9 Å². The fraction of sp³-hybridized carbons (Fsp3) is 0.803. The molecule has 0 aliphatic carbocycles. The highest BCUT2D eigenvalue weighted by molar-refractivity contribution is 5.71. The third-order valence-electron chi connectivity index (χ3n) is 15.9. The second-order valence-electron chi connectivity index (χ2n) is 24.1. The molecule has 82 heavy (non-hydrogen) atoms. The van der Waals surface area contributed by atoms with Crippen molar-refractivity contribution in [2.45, 2.75) is 380 Å². The van der Waals surface area contributed by atoms with Gasteiger partial charge in [-0.2, -0.15) is 0 Å². The van der Waals surface area contributed by atoms with Crippen LogP contribution in [0, 0.1) is 0 Å². The van der Waals surface area contributed by atoms with Gasteiger partial charge in [0.1, 0.15) is 13.2 Å². The van der Waals surface area contributed by atoms with Crippen LogP contribution in [-0.2, 0) is 28.6 Å². The lowest BCUT2D eigenvalue weighted by Crippen LogP contribution is -2.30. The van der Waals surface area contributed by atoms with Crippen LogP contribution >= 0.6 is 0 Å². The quantitative estimate of drug-likeness (QED) is 0.0261. The Morgan fingerprint density at radius 1 is 0.256 bits per heavy atom. The first kappa shape index (κ1) is 78.8. The molecule has 6 heteroatoms. The van der Waals surface area contributed by atoms with Crippen LogP contribution in [0.1, 0.15) is 374 Å². The maximum absolute atomic E-state index is 13.0. The minimum Gasteiger partial charge on any atom is -0.462 e. The van der Waals surface area contributed by atoms with Gasteiger partial charge >= 0.3 is 17.9 Å². The summed E-state index contributed by atoms with van der Waals surface area (Å²) in [5.41, 5.74) is 0. The number of carbonyl (C=O) groups excluding carboxylic acids is 3. The summed E-state index contributed by atoms with van der Waals surface area (Å²) >= 11 is 0. The third-order valence-corrected chi connectivity index (χ3v) is 15.9. The van der Waals surface area contributed by atoms with E-state index in [1.807, 2.05) is 0 Å². The van der Waals surface area contributed by atoms with Crippen LogP contribution in [0.25, 0.3) is 0 Å². The Labute approximate surface area is 510 Å². The van der Waals surface area contributed by atoms with Crippen LogP contribution in [0.5, 0.6) is 0 Å². The average molecular weight is 1150 g/mol. The maximum atomic E-state index is 13.0. The summed E-state index contributed by atoms with van der Waals surface area (Å²) in [6, 6.07) is 0. The van der Waals surface area contributed by atoms with Crippen molar-refractivity contribution in [1.82, 2.24) is 0 Å². The molecule has 0 amide bonds. The number of ether oxygens (including phenoxy) is 3. The van der Waals surface area contributed by atoms with Gasteiger partial charge in [0.25, 0.3) is 0 Å². The number of hydrogen-bond donors (Lipinski definition) is 0. The zero-order valence-electron chi connectivity index (χ0n) is 54.8. The smallest absolute Gasteiger partial charge is 0.306 e. The van der Waals surface area contributed by atoms with Crippen molar-refractivity contribution < 1.29 is 28.6 Å². The largest absolute Gasteiger partial charge is 0.462 e. The monoisotopic (exact) mass is 1150 g/mol. The summed E-state index contributed by atoms with van der Waals surface area (Å²) in [4.78, 5) is 38.5. The Hall–Kier alpha value is -3.15. The predicted molar refractivity (Wildman–Crippen MR) is 358 cm³/mol. The Bertz CT molecular complexity index is 1500. The highest BCUT2D eigenvalue weighted by atomic mass is 16.6. The number of esters is 3. The van der Waals surface area contributed by atoms with Crippen molar-refractivity contribution in [3.05, 3.63) is 72.9 Å². The number of allylic oxidation sites excluding steroid dienone is 12. The molecule has 0 radical (unpaired) electrons. The van der Waals surface area contributed by atoms with Gasteiger partial charge in [0.2, 0.25) is 0 Å². The number of hydrogen-bond acceptors (Lipinski definition) is 6. The van der Waals surface area contributed by atoms with E-state index in [-0.39, 0.29) is 31.1 Å². The minimum atomic E-state index is -0.788. The molecule has 0 fully saturated rings. The van der Waals surface area contributed by atoms with Crippen molar-refractivity contribution in [2.75, 3.05) is 13.2 Å². The zero-order chi connectivity index (χ0) is 59.2. The van der Waals surface area contributed by atoms with Crippen LogP contribution in [0.15, 0.2) is 72.9 Å². The molecule has 0 saturated heterocycles. The molecule has 0 aliphatic rings. The summed E-state index contributed by atoms with van der Waals surface area (Å²) in [6.45, 7) is 6.54. The van der Waals surface area contributed by atoms with E-state index in [2.05, 4.69) is 93.7 Å². The first-order valence-corrected chi connectivity index (χ1v) is 35.9. The molecule has 0 N–H and O–H groups in total. The first-order valence-electron chi connectivity index (χ1n) is 35.9. The summed E-state index contributed by atoms with van der Waals surface area (Å²) in [5.74, 6) is -0.883. The van der Waals surface area contributed by atoms with Gasteiger partial charge in [-0.15, -0.1) is 0 Å². The fourth-order valence-electron chi connectivity index (χ4n) is 10.6. The number of rotatable bonds is 66. The Morgan fingerprint density at radius 3 is 0.768 bits per heavy atom. The van der Waals surface area contributed by atoms with Crippen LogP contribution in [0.3, 0.4) is 0 Å². The molecule has 0 bridgehead atoms.